The van der Waals surface area contributed by atoms with Crippen LogP contribution in [0.25, 0.3) is 6.08 Å². The Morgan fingerprint density at radius 2 is 1.74 bits per heavy atom. The Morgan fingerprint density at radius 1 is 1.11 bits per heavy atom. The van der Waals surface area contributed by atoms with Crippen LogP contribution in [0.4, 0.5) is 14.9 Å². The molecule has 4 rings (SSSR count). The number of hydrogen-bond donors (Lipinski definition) is 1. The summed E-state index contributed by atoms with van der Waals surface area (Å²) in [5.74, 6) is 0.0191. The monoisotopic (exact) mass is 544 g/mol. The number of piperazine rings is 2. The van der Waals surface area contributed by atoms with E-state index in [0.29, 0.717) is 54.7 Å². The van der Waals surface area contributed by atoms with Crippen molar-refractivity contribution in [2.75, 3.05) is 39.0 Å². The molecule has 0 aromatic heterocycles. The summed E-state index contributed by atoms with van der Waals surface area (Å²) in [6, 6.07) is 9.21. The summed E-state index contributed by atoms with van der Waals surface area (Å²) < 4.78 is 24.3. The predicted octanol–water partition coefficient (Wildman–Crippen LogP) is 4.42. The normalized spacial score (nSPS) is 20.1. The van der Waals surface area contributed by atoms with Crippen molar-refractivity contribution in [1.29, 1.82) is 0 Å². The van der Waals surface area contributed by atoms with Crippen LogP contribution < -0.4 is 10.5 Å². The molecule has 2 bridgehead atoms. The molecule has 2 atom stereocenters. The summed E-state index contributed by atoms with van der Waals surface area (Å²) in [4.78, 5) is 32.1. The minimum absolute atomic E-state index is 0.168. The van der Waals surface area contributed by atoms with E-state index in [-0.39, 0.29) is 29.9 Å². The molecule has 2 saturated heterocycles. The molecule has 0 radical (unpaired) electrons. The van der Waals surface area contributed by atoms with Crippen LogP contribution in [0, 0.1) is 5.82 Å². The minimum Gasteiger partial charge on any atom is -0.495 e. The standard InChI is InChI=1S/C28H34ClFN4O4/c1-28(2,3)38-27(36)33-16-21-14-32(13-18-5-8-20(30)9-6-18)15-22(17-33)34(21)26(35)10-7-19-11-25(37-4)23(29)12-24(19)31/h5-12,21-22H,13-17,31H2,1-4H3/b10-7+. The first kappa shape index (κ1) is 27.7. The lowest BCUT2D eigenvalue weighted by atomic mass is 9.99. The Labute approximate surface area is 227 Å². The Hall–Kier alpha value is -3.30. The van der Waals surface area contributed by atoms with E-state index in [1.165, 1.54) is 25.3 Å². The molecule has 2 aromatic rings. The van der Waals surface area contributed by atoms with Crippen LogP contribution in [0.1, 0.15) is 31.9 Å². The molecule has 2 aromatic carbocycles. The van der Waals surface area contributed by atoms with Gasteiger partial charge < -0.3 is 25.0 Å². The average molecular weight is 545 g/mol. The van der Waals surface area contributed by atoms with Crippen molar-refractivity contribution in [3.05, 3.63) is 64.4 Å². The Kier molecular flexibility index (Phi) is 8.18. The number of carbonyl (C=O) groups excluding carboxylic acids is 2. The van der Waals surface area contributed by atoms with Crippen molar-refractivity contribution >= 4 is 35.4 Å². The van der Waals surface area contributed by atoms with Gasteiger partial charge in [-0.15, -0.1) is 0 Å². The zero-order chi connectivity index (χ0) is 27.6. The average Bonchev–Trinajstić information content (AvgIpc) is 2.83. The molecule has 0 saturated carbocycles. The molecule has 0 aliphatic carbocycles. The first-order chi connectivity index (χ1) is 17.9. The van der Waals surface area contributed by atoms with Gasteiger partial charge in [0.2, 0.25) is 5.91 Å². The fraction of sp³-hybridized carbons (Fsp3) is 0.429. The Morgan fingerprint density at radius 3 is 2.32 bits per heavy atom. The second kappa shape index (κ2) is 11.2. The van der Waals surface area contributed by atoms with E-state index in [4.69, 9.17) is 26.8 Å². The molecule has 2 aliphatic rings. The number of amides is 2. The van der Waals surface area contributed by atoms with Crippen molar-refractivity contribution in [1.82, 2.24) is 14.7 Å². The number of nitrogens with zero attached hydrogens (tertiary/aromatic N) is 3. The highest BCUT2D eigenvalue weighted by Crippen LogP contribution is 2.31. The molecule has 2 N–H and O–H groups in total. The smallest absolute Gasteiger partial charge is 0.410 e. The summed E-state index contributed by atoms with van der Waals surface area (Å²) in [6.45, 7) is 7.93. The zero-order valence-corrected chi connectivity index (χ0v) is 22.9. The maximum absolute atomic E-state index is 13.5. The van der Waals surface area contributed by atoms with E-state index in [0.717, 1.165) is 5.56 Å². The Balaban J connectivity index is 1.54. The van der Waals surface area contributed by atoms with E-state index < -0.39 is 5.60 Å². The number of halogens is 2. The molecule has 0 spiro atoms. The largest absolute Gasteiger partial charge is 0.495 e. The second-order valence-electron chi connectivity index (χ2n) is 10.7. The van der Waals surface area contributed by atoms with Gasteiger partial charge in [0.05, 0.1) is 24.2 Å². The summed E-state index contributed by atoms with van der Waals surface area (Å²) >= 11 is 6.14. The number of methoxy groups -OCH3 is 1. The van der Waals surface area contributed by atoms with Gasteiger partial charge in [-0.2, -0.15) is 0 Å². The summed E-state index contributed by atoms with van der Waals surface area (Å²) in [7, 11) is 1.51. The number of nitrogens with two attached hydrogens (primary N) is 1. The number of ether oxygens (including phenoxy) is 2. The van der Waals surface area contributed by atoms with Gasteiger partial charge in [-0.25, -0.2) is 9.18 Å². The highest BCUT2D eigenvalue weighted by atomic mass is 35.5. The Bertz CT molecular complexity index is 1200. The van der Waals surface area contributed by atoms with Crippen molar-refractivity contribution in [3.63, 3.8) is 0 Å². The number of anilines is 1. The molecular formula is C28H34ClFN4O4. The number of hydrogen-bond acceptors (Lipinski definition) is 6. The topological polar surface area (TPSA) is 88.3 Å². The SMILES string of the molecule is COc1cc(/C=C/C(=O)N2C3CN(Cc4ccc(F)cc4)CC2CN(C(=O)OC(C)(C)C)C3)c(N)cc1Cl. The molecule has 2 fully saturated rings. The van der Waals surface area contributed by atoms with Crippen LogP contribution >= 0.6 is 11.6 Å². The van der Waals surface area contributed by atoms with E-state index >= 15 is 0 Å². The van der Waals surface area contributed by atoms with Gasteiger partial charge in [0.1, 0.15) is 17.2 Å². The molecule has 2 heterocycles. The lowest BCUT2D eigenvalue weighted by Crippen LogP contribution is -2.70. The van der Waals surface area contributed by atoms with Crippen LogP contribution in [0.2, 0.25) is 5.02 Å². The minimum atomic E-state index is -0.615. The highest BCUT2D eigenvalue weighted by Gasteiger charge is 2.44. The third-order valence-corrected chi connectivity index (χ3v) is 6.87. The summed E-state index contributed by atoms with van der Waals surface area (Å²) in [5.41, 5.74) is 7.52. The summed E-state index contributed by atoms with van der Waals surface area (Å²) in [5, 5.41) is 0.391. The molecule has 2 unspecified atom stereocenters. The van der Waals surface area contributed by atoms with Gasteiger partial charge in [0.15, 0.2) is 0 Å². The lowest BCUT2D eigenvalue weighted by Gasteiger charge is -2.52. The molecule has 38 heavy (non-hydrogen) atoms. The van der Waals surface area contributed by atoms with Gasteiger partial charge in [0, 0.05) is 50.1 Å². The molecule has 2 aliphatic heterocycles. The second-order valence-corrected chi connectivity index (χ2v) is 11.1. The maximum atomic E-state index is 13.5. The number of carbonyl (C=O) groups is 2. The third-order valence-electron chi connectivity index (χ3n) is 6.58. The molecule has 10 heteroatoms. The van der Waals surface area contributed by atoms with E-state index in [9.17, 15) is 14.0 Å². The number of rotatable bonds is 5. The number of nitrogen functional groups attached to an aromatic ring is 1. The van der Waals surface area contributed by atoms with Crippen LogP contribution in [-0.4, -0.2) is 77.7 Å². The van der Waals surface area contributed by atoms with E-state index in [2.05, 4.69) is 4.90 Å². The first-order valence-electron chi connectivity index (χ1n) is 12.5. The van der Waals surface area contributed by atoms with Gasteiger partial charge >= 0.3 is 6.09 Å². The van der Waals surface area contributed by atoms with E-state index in [1.54, 1.807) is 35.2 Å². The molecule has 204 valence electrons. The first-order valence-corrected chi connectivity index (χ1v) is 12.9. The fourth-order valence-corrected chi connectivity index (χ4v) is 5.21. The van der Waals surface area contributed by atoms with Gasteiger partial charge in [-0.1, -0.05) is 23.7 Å². The van der Waals surface area contributed by atoms with Crippen LogP contribution in [0.5, 0.6) is 5.75 Å². The van der Waals surface area contributed by atoms with Crippen LogP contribution in [0.3, 0.4) is 0 Å². The van der Waals surface area contributed by atoms with E-state index in [1.807, 2.05) is 25.7 Å². The van der Waals surface area contributed by atoms with Crippen LogP contribution in [-0.2, 0) is 16.1 Å². The van der Waals surface area contributed by atoms with Crippen molar-refractivity contribution < 1.29 is 23.5 Å². The quantitative estimate of drug-likeness (QED) is 0.443. The number of fused-ring (bicyclic) bond motifs is 2. The molecule has 2 amide bonds. The lowest BCUT2D eigenvalue weighted by molar-refractivity contribution is -0.140. The van der Waals surface area contributed by atoms with Gasteiger partial charge in [0.25, 0.3) is 0 Å². The molecule has 8 nitrogen and oxygen atoms in total. The van der Waals surface area contributed by atoms with Crippen molar-refractivity contribution in [3.8, 4) is 5.75 Å². The maximum Gasteiger partial charge on any atom is 0.410 e. The van der Waals surface area contributed by atoms with Gasteiger partial charge in [-0.05, 0) is 56.7 Å². The van der Waals surface area contributed by atoms with Crippen molar-refractivity contribution in [2.45, 2.75) is 45.0 Å². The molecular weight excluding hydrogens is 511 g/mol. The fourth-order valence-electron chi connectivity index (χ4n) is 4.96. The van der Waals surface area contributed by atoms with Crippen LogP contribution in [0.15, 0.2) is 42.5 Å². The highest BCUT2D eigenvalue weighted by molar-refractivity contribution is 6.32. The number of benzene rings is 2. The summed E-state index contributed by atoms with van der Waals surface area (Å²) in [6.07, 6.45) is 2.77. The predicted molar refractivity (Wildman–Crippen MR) is 145 cm³/mol. The third kappa shape index (κ3) is 6.57. The van der Waals surface area contributed by atoms with Crippen molar-refractivity contribution in [2.24, 2.45) is 0 Å². The van der Waals surface area contributed by atoms with Gasteiger partial charge in [-0.3, -0.25) is 9.69 Å². The zero-order valence-electron chi connectivity index (χ0n) is 22.1.